The largest absolute Gasteiger partial charge is 0.329 e. The molecule has 4 nitrogen and oxygen atoms in total. The highest BCUT2D eigenvalue weighted by atomic mass is 32.1. The summed E-state index contributed by atoms with van der Waals surface area (Å²) >= 11 is 3.32. The van der Waals surface area contributed by atoms with Crippen LogP contribution >= 0.6 is 22.7 Å². The fraction of sp³-hybridized carbons (Fsp3) is 0.0952. The Morgan fingerprint density at radius 2 is 1.59 bits per heavy atom. The summed E-state index contributed by atoms with van der Waals surface area (Å²) in [5.41, 5.74) is 2.34. The lowest BCUT2D eigenvalue weighted by Crippen LogP contribution is -2.27. The number of amides is 1. The molecule has 4 rings (SSSR count). The van der Waals surface area contributed by atoms with Crippen LogP contribution in [0.5, 0.6) is 0 Å². The van der Waals surface area contributed by atoms with Gasteiger partial charge in [-0.05, 0) is 41.1 Å². The predicted molar refractivity (Wildman–Crippen MR) is 111 cm³/mol. The van der Waals surface area contributed by atoms with Gasteiger partial charge in [-0.2, -0.15) is 0 Å². The Balaban J connectivity index is 1.53. The molecule has 27 heavy (non-hydrogen) atoms. The van der Waals surface area contributed by atoms with E-state index < -0.39 is 0 Å². The van der Waals surface area contributed by atoms with Gasteiger partial charge in [0, 0.05) is 15.8 Å². The molecule has 0 saturated carbocycles. The van der Waals surface area contributed by atoms with Crippen molar-refractivity contribution in [2.45, 2.75) is 13.1 Å². The van der Waals surface area contributed by atoms with Crippen LogP contribution in [0, 0.1) is 0 Å². The lowest BCUT2D eigenvalue weighted by molar-refractivity contribution is -0.127. The molecule has 1 aromatic carbocycles. The second-order valence-electron chi connectivity index (χ2n) is 5.97. The normalized spacial score (nSPS) is 11.3. The molecule has 1 amide bonds. The smallest absolute Gasteiger partial charge is 0.247 e. The van der Waals surface area contributed by atoms with Gasteiger partial charge in [-0.3, -0.25) is 9.78 Å². The summed E-state index contributed by atoms with van der Waals surface area (Å²) in [6.45, 7) is 1.20. The Morgan fingerprint density at radius 1 is 0.926 bits per heavy atom. The molecule has 0 unspecified atom stereocenters. The minimum atomic E-state index is -0.0354. The third-order valence-corrected chi connectivity index (χ3v) is 5.75. The van der Waals surface area contributed by atoms with E-state index in [0.29, 0.717) is 18.8 Å². The lowest BCUT2D eigenvalue weighted by Gasteiger charge is -2.19. The fourth-order valence-electron chi connectivity index (χ4n) is 2.71. The van der Waals surface area contributed by atoms with Crippen LogP contribution in [0.25, 0.3) is 17.1 Å². The number of aromatic nitrogens is 2. The van der Waals surface area contributed by atoms with Crippen molar-refractivity contribution in [1.29, 1.82) is 0 Å². The van der Waals surface area contributed by atoms with Gasteiger partial charge in [-0.1, -0.05) is 24.3 Å². The van der Waals surface area contributed by atoms with Gasteiger partial charge in [0.15, 0.2) is 0 Å². The van der Waals surface area contributed by atoms with E-state index >= 15 is 0 Å². The van der Waals surface area contributed by atoms with E-state index in [2.05, 4.69) is 22.1 Å². The average molecular weight is 392 g/mol. The van der Waals surface area contributed by atoms with Crippen LogP contribution in [0.4, 0.5) is 0 Å². The van der Waals surface area contributed by atoms with Crippen LogP contribution in [-0.2, 0) is 17.9 Å². The molecule has 0 aliphatic carbocycles. The molecule has 0 aliphatic heterocycles. The van der Waals surface area contributed by atoms with Crippen LogP contribution in [-0.4, -0.2) is 20.8 Å². The Labute approximate surface area is 165 Å². The first-order valence-corrected chi connectivity index (χ1v) is 10.3. The summed E-state index contributed by atoms with van der Waals surface area (Å²) in [5, 5.41) is 4.06. The highest BCUT2D eigenvalue weighted by molar-refractivity contribution is 7.10. The number of benzene rings is 1. The molecule has 0 saturated heterocycles. The van der Waals surface area contributed by atoms with Crippen molar-refractivity contribution in [2.75, 3.05) is 0 Å². The maximum absolute atomic E-state index is 12.8. The second-order valence-corrected chi connectivity index (χ2v) is 8.03. The summed E-state index contributed by atoms with van der Waals surface area (Å²) in [5.74, 6) is -0.0354. The molecule has 0 atom stereocenters. The number of fused-ring (bicyclic) bond motifs is 1. The zero-order chi connectivity index (χ0) is 18.5. The van der Waals surface area contributed by atoms with Crippen LogP contribution in [0.2, 0.25) is 0 Å². The molecule has 134 valence electrons. The quantitative estimate of drug-likeness (QED) is 0.435. The van der Waals surface area contributed by atoms with Crippen molar-refractivity contribution < 1.29 is 4.79 Å². The standard InChI is InChI=1S/C21H17N3OS2/c25-21(10-9-16-13-22-19-7-1-2-8-20(19)23-16)24(14-17-5-3-11-26-17)15-18-6-4-12-27-18/h1-13H,14-15H2/b10-9+. The van der Waals surface area contributed by atoms with Gasteiger partial charge in [0.05, 0.1) is 36.0 Å². The highest BCUT2D eigenvalue weighted by Crippen LogP contribution is 2.18. The van der Waals surface area contributed by atoms with Gasteiger partial charge in [0.1, 0.15) is 0 Å². The summed E-state index contributed by atoms with van der Waals surface area (Å²) in [7, 11) is 0. The van der Waals surface area contributed by atoms with Crippen LogP contribution < -0.4 is 0 Å². The molecular weight excluding hydrogens is 374 g/mol. The lowest BCUT2D eigenvalue weighted by atomic mass is 10.3. The van der Waals surface area contributed by atoms with Crippen LogP contribution in [0.1, 0.15) is 15.4 Å². The van der Waals surface area contributed by atoms with Gasteiger partial charge in [-0.15, -0.1) is 22.7 Å². The first-order chi connectivity index (χ1) is 13.3. The maximum Gasteiger partial charge on any atom is 0.247 e. The maximum atomic E-state index is 12.8. The van der Waals surface area contributed by atoms with Crippen molar-refractivity contribution >= 4 is 45.7 Å². The van der Waals surface area contributed by atoms with Gasteiger partial charge in [0.25, 0.3) is 0 Å². The molecule has 0 aliphatic rings. The molecule has 0 N–H and O–H groups in total. The Bertz CT molecular complexity index is 1020. The second kappa shape index (κ2) is 8.24. The van der Waals surface area contributed by atoms with Crippen molar-refractivity contribution in [2.24, 2.45) is 0 Å². The number of hydrogen-bond acceptors (Lipinski definition) is 5. The van der Waals surface area contributed by atoms with Crippen LogP contribution in [0.15, 0.2) is 71.6 Å². The molecule has 0 fully saturated rings. The Morgan fingerprint density at radius 3 is 2.22 bits per heavy atom. The minimum absolute atomic E-state index is 0.0354. The van der Waals surface area contributed by atoms with Gasteiger partial charge < -0.3 is 4.90 Å². The van der Waals surface area contributed by atoms with E-state index in [1.54, 1.807) is 41.0 Å². The topological polar surface area (TPSA) is 46.1 Å². The molecule has 0 spiro atoms. The molecule has 3 aromatic heterocycles. The van der Waals surface area contributed by atoms with Gasteiger partial charge >= 0.3 is 0 Å². The molecule has 0 radical (unpaired) electrons. The summed E-state index contributed by atoms with van der Waals surface area (Å²) < 4.78 is 0. The zero-order valence-corrected chi connectivity index (χ0v) is 16.1. The Kier molecular flexibility index (Phi) is 5.37. The SMILES string of the molecule is O=C(/C=C/c1cnc2ccccc2n1)N(Cc1cccs1)Cc1cccs1. The number of rotatable bonds is 6. The summed E-state index contributed by atoms with van der Waals surface area (Å²) in [4.78, 5) is 25.9. The number of nitrogens with zero attached hydrogens (tertiary/aromatic N) is 3. The van der Waals surface area contributed by atoms with Gasteiger partial charge in [-0.25, -0.2) is 4.98 Å². The number of para-hydroxylation sites is 2. The summed E-state index contributed by atoms with van der Waals surface area (Å²) in [6.07, 6.45) is 5.01. The van der Waals surface area contributed by atoms with Crippen molar-refractivity contribution in [3.05, 3.63) is 87.0 Å². The van der Waals surface area contributed by atoms with E-state index in [9.17, 15) is 4.79 Å². The van der Waals surface area contributed by atoms with E-state index in [1.165, 1.54) is 9.75 Å². The average Bonchev–Trinajstić information content (AvgIpc) is 3.39. The molecular formula is C21H17N3OS2. The molecule has 0 bridgehead atoms. The predicted octanol–water partition coefficient (Wildman–Crippen LogP) is 5.00. The van der Waals surface area contributed by atoms with Crippen molar-refractivity contribution in [1.82, 2.24) is 14.9 Å². The van der Waals surface area contributed by atoms with E-state index in [1.807, 2.05) is 52.1 Å². The van der Waals surface area contributed by atoms with E-state index in [4.69, 9.17) is 0 Å². The van der Waals surface area contributed by atoms with E-state index in [-0.39, 0.29) is 5.91 Å². The first kappa shape index (κ1) is 17.6. The molecule has 6 heteroatoms. The fourth-order valence-corrected chi connectivity index (χ4v) is 4.15. The Hall–Kier alpha value is -2.83. The molecule has 3 heterocycles. The first-order valence-electron chi connectivity index (χ1n) is 8.51. The number of hydrogen-bond donors (Lipinski definition) is 0. The molecule has 4 aromatic rings. The minimum Gasteiger partial charge on any atom is -0.329 e. The van der Waals surface area contributed by atoms with E-state index in [0.717, 1.165) is 11.0 Å². The highest BCUT2D eigenvalue weighted by Gasteiger charge is 2.13. The number of thiophene rings is 2. The van der Waals surface area contributed by atoms with Crippen molar-refractivity contribution in [3.63, 3.8) is 0 Å². The third kappa shape index (κ3) is 4.48. The third-order valence-electron chi connectivity index (χ3n) is 4.03. The monoisotopic (exact) mass is 391 g/mol. The van der Waals surface area contributed by atoms with Crippen molar-refractivity contribution in [3.8, 4) is 0 Å². The summed E-state index contributed by atoms with van der Waals surface area (Å²) in [6, 6.07) is 15.8. The van der Waals surface area contributed by atoms with Crippen LogP contribution in [0.3, 0.4) is 0 Å². The number of carbonyl (C=O) groups excluding carboxylic acids is 1. The number of carbonyl (C=O) groups is 1. The zero-order valence-electron chi connectivity index (χ0n) is 14.5. The van der Waals surface area contributed by atoms with Gasteiger partial charge in [0.2, 0.25) is 5.91 Å².